The molecule has 27 heavy (non-hydrogen) atoms. The van der Waals surface area contributed by atoms with Crippen LogP contribution >= 0.6 is 0 Å². The summed E-state index contributed by atoms with van der Waals surface area (Å²) >= 11 is 0. The Balaban J connectivity index is 1.77. The Morgan fingerprint density at radius 2 is 1.89 bits per heavy atom. The number of methoxy groups -OCH3 is 1. The Hall–Kier alpha value is -2.57. The Labute approximate surface area is 160 Å². The molecule has 1 aliphatic heterocycles. The van der Waals surface area contributed by atoms with Crippen LogP contribution < -0.4 is 10.2 Å². The molecule has 0 aliphatic carbocycles. The number of benzene rings is 1. The van der Waals surface area contributed by atoms with E-state index in [0.717, 1.165) is 5.75 Å². The lowest BCUT2D eigenvalue weighted by atomic mass is 9.87. The highest BCUT2D eigenvalue weighted by molar-refractivity contribution is 5.88. The SMILES string of the molecule is COC(=O)C1CC(=O)NN(C(=O)CCCOc2ccc(C(C)(C)C)cc2)C1. The number of nitrogens with zero attached hydrogens (tertiary/aromatic N) is 1. The van der Waals surface area contributed by atoms with Crippen LogP contribution in [0.15, 0.2) is 24.3 Å². The van der Waals surface area contributed by atoms with Gasteiger partial charge >= 0.3 is 5.97 Å². The van der Waals surface area contributed by atoms with Crippen molar-refractivity contribution in [3.63, 3.8) is 0 Å². The summed E-state index contributed by atoms with van der Waals surface area (Å²) in [6, 6.07) is 7.93. The van der Waals surface area contributed by atoms with Crippen molar-refractivity contribution in [1.82, 2.24) is 10.4 Å². The maximum absolute atomic E-state index is 12.3. The minimum atomic E-state index is -0.620. The lowest BCUT2D eigenvalue weighted by Crippen LogP contribution is -2.54. The molecule has 7 heteroatoms. The van der Waals surface area contributed by atoms with Crippen molar-refractivity contribution in [2.75, 3.05) is 20.3 Å². The second-order valence-electron chi connectivity index (χ2n) is 7.69. The van der Waals surface area contributed by atoms with E-state index in [1.165, 1.54) is 17.7 Å². The number of nitrogens with one attached hydrogen (secondary N) is 1. The van der Waals surface area contributed by atoms with Gasteiger partial charge in [-0.3, -0.25) is 24.8 Å². The molecule has 0 aromatic heterocycles. The number of hydrogen-bond donors (Lipinski definition) is 1. The Morgan fingerprint density at radius 3 is 2.48 bits per heavy atom. The third-order valence-electron chi connectivity index (χ3n) is 4.45. The lowest BCUT2D eigenvalue weighted by Gasteiger charge is -2.31. The van der Waals surface area contributed by atoms with E-state index < -0.39 is 11.9 Å². The fraction of sp³-hybridized carbons (Fsp3) is 0.550. The summed E-state index contributed by atoms with van der Waals surface area (Å²) in [5.74, 6) is -0.953. The van der Waals surface area contributed by atoms with Crippen LogP contribution in [0.25, 0.3) is 0 Å². The van der Waals surface area contributed by atoms with E-state index in [2.05, 4.69) is 30.9 Å². The highest BCUT2D eigenvalue weighted by Crippen LogP contribution is 2.24. The molecule has 0 spiro atoms. The standard InChI is InChI=1S/C20H28N2O5/c1-20(2,3)15-7-9-16(10-8-15)27-11-5-6-18(24)22-13-14(19(25)26-4)12-17(23)21-22/h7-10,14H,5-6,11-13H2,1-4H3,(H,21,23). The first kappa shape index (κ1) is 20.7. The molecule has 1 saturated heterocycles. The van der Waals surface area contributed by atoms with Crippen molar-refractivity contribution < 1.29 is 23.9 Å². The molecule has 2 rings (SSSR count). The van der Waals surface area contributed by atoms with E-state index in [4.69, 9.17) is 4.74 Å². The molecule has 148 valence electrons. The Kier molecular flexibility index (Phi) is 6.82. The fourth-order valence-corrected chi connectivity index (χ4v) is 2.84. The normalized spacial score (nSPS) is 17.3. The van der Waals surface area contributed by atoms with Gasteiger partial charge in [0.05, 0.1) is 26.2 Å². The van der Waals surface area contributed by atoms with E-state index in [0.29, 0.717) is 13.0 Å². The third kappa shape index (κ3) is 5.98. The molecule has 1 aromatic carbocycles. The number of hydrazine groups is 1. The number of esters is 1. The molecule has 1 atom stereocenters. The minimum absolute atomic E-state index is 0.0319. The van der Waals surface area contributed by atoms with E-state index in [1.54, 1.807) is 0 Å². The second-order valence-corrected chi connectivity index (χ2v) is 7.69. The first-order valence-electron chi connectivity index (χ1n) is 9.11. The Bertz CT molecular complexity index is 679. The van der Waals surface area contributed by atoms with Gasteiger partial charge in [-0.15, -0.1) is 0 Å². The molecule has 1 aromatic rings. The van der Waals surface area contributed by atoms with Gasteiger partial charge in [-0.2, -0.15) is 0 Å². The number of hydrogen-bond acceptors (Lipinski definition) is 5. The monoisotopic (exact) mass is 376 g/mol. The third-order valence-corrected chi connectivity index (χ3v) is 4.45. The highest BCUT2D eigenvalue weighted by Gasteiger charge is 2.33. The Morgan fingerprint density at radius 1 is 1.22 bits per heavy atom. The summed E-state index contributed by atoms with van der Waals surface area (Å²) in [7, 11) is 1.27. The van der Waals surface area contributed by atoms with Crippen molar-refractivity contribution in [3.8, 4) is 5.75 Å². The average molecular weight is 376 g/mol. The molecule has 0 radical (unpaired) electrons. The predicted octanol–water partition coefficient (Wildman–Crippen LogP) is 2.20. The number of amides is 2. The molecule has 1 N–H and O–H groups in total. The zero-order valence-electron chi connectivity index (χ0n) is 16.4. The van der Waals surface area contributed by atoms with Gasteiger partial charge in [-0.1, -0.05) is 32.9 Å². The van der Waals surface area contributed by atoms with Gasteiger partial charge in [0.1, 0.15) is 5.75 Å². The quantitative estimate of drug-likeness (QED) is 0.608. The van der Waals surface area contributed by atoms with Crippen LogP contribution in [0, 0.1) is 5.92 Å². The van der Waals surface area contributed by atoms with Gasteiger partial charge < -0.3 is 9.47 Å². The summed E-state index contributed by atoms with van der Waals surface area (Å²) in [4.78, 5) is 35.6. The molecule has 0 bridgehead atoms. The maximum Gasteiger partial charge on any atom is 0.311 e. The van der Waals surface area contributed by atoms with Crippen LogP contribution in [0.4, 0.5) is 0 Å². The van der Waals surface area contributed by atoms with Crippen molar-refractivity contribution in [1.29, 1.82) is 0 Å². The van der Waals surface area contributed by atoms with Gasteiger partial charge in [0.25, 0.3) is 0 Å². The summed E-state index contributed by atoms with van der Waals surface area (Å²) < 4.78 is 10.3. The first-order chi connectivity index (χ1) is 12.7. The zero-order chi connectivity index (χ0) is 20.0. The summed E-state index contributed by atoms with van der Waals surface area (Å²) in [6.45, 7) is 6.98. The number of rotatable bonds is 6. The number of ether oxygens (including phenoxy) is 2. The number of carbonyl (C=O) groups excluding carboxylic acids is 3. The minimum Gasteiger partial charge on any atom is -0.494 e. The lowest BCUT2D eigenvalue weighted by molar-refractivity contribution is -0.156. The molecule has 1 heterocycles. The van der Waals surface area contributed by atoms with Gasteiger partial charge in [0.2, 0.25) is 11.8 Å². The van der Waals surface area contributed by atoms with E-state index in [9.17, 15) is 14.4 Å². The molecule has 0 saturated carbocycles. The summed E-state index contributed by atoms with van der Waals surface area (Å²) in [5.41, 5.74) is 3.82. The molecule has 1 unspecified atom stereocenters. The number of carbonyl (C=O) groups is 3. The maximum atomic E-state index is 12.3. The highest BCUT2D eigenvalue weighted by atomic mass is 16.5. The zero-order valence-corrected chi connectivity index (χ0v) is 16.4. The van der Waals surface area contributed by atoms with Crippen LogP contribution in [-0.4, -0.2) is 43.1 Å². The van der Waals surface area contributed by atoms with Gasteiger partial charge in [0, 0.05) is 12.8 Å². The molecular weight excluding hydrogens is 348 g/mol. The average Bonchev–Trinajstić information content (AvgIpc) is 2.63. The van der Waals surface area contributed by atoms with Gasteiger partial charge in [0.15, 0.2) is 0 Å². The van der Waals surface area contributed by atoms with E-state index >= 15 is 0 Å². The molecular formula is C20H28N2O5. The van der Waals surface area contributed by atoms with Gasteiger partial charge in [-0.25, -0.2) is 0 Å². The molecule has 7 nitrogen and oxygen atoms in total. The molecule has 2 amide bonds. The van der Waals surface area contributed by atoms with Crippen LogP contribution in [0.3, 0.4) is 0 Å². The van der Waals surface area contributed by atoms with Crippen molar-refractivity contribution in [2.45, 2.75) is 45.4 Å². The fourth-order valence-electron chi connectivity index (χ4n) is 2.84. The predicted molar refractivity (Wildman–Crippen MR) is 99.8 cm³/mol. The first-order valence-corrected chi connectivity index (χ1v) is 9.11. The van der Waals surface area contributed by atoms with Crippen molar-refractivity contribution in [3.05, 3.63) is 29.8 Å². The largest absolute Gasteiger partial charge is 0.494 e. The van der Waals surface area contributed by atoms with Crippen molar-refractivity contribution >= 4 is 17.8 Å². The van der Waals surface area contributed by atoms with Crippen molar-refractivity contribution in [2.24, 2.45) is 5.92 Å². The van der Waals surface area contributed by atoms with Crippen LogP contribution in [0.2, 0.25) is 0 Å². The van der Waals surface area contributed by atoms with E-state index in [-0.39, 0.29) is 36.6 Å². The summed E-state index contributed by atoms with van der Waals surface area (Å²) in [6.07, 6.45) is 0.757. The van der Waals surface area contributed by atoms with Crippen LogP contribution in [0.5, 0.6) is 5.75 Å². The smallest absolute Gasteiger partial charge is 0.311 e. The second kappa shape index (κ2) is 8.88. The van der Waals surface area contributed by atoms with Crippen LogP contribution in [0.1, 0.15) is 45.6 Å². The molecule has 1 fully saturated rings. The summed E-state index contributed by atoms with van der Waals surface area (Å²) in [5, 5.41) is 1.20. The van der Waals surface area contributed by atoms with E-state index in [1.807, 2.05) is 24.3 Å². The van der Waals surface area contributed by atoms with Crippen LogP contribution in [-0.2, 0) is 24.5 Å². The molecule has 1 aliphatic rings. The van der Waals surface area contributed by atoms with Gasteiger partial charge in [-0.05, 0) is 29.5 Å². The topological polar surface area (TPSA) is 84.9 Å².